The molecular formula is C7H8N5S+. The third-order valence-corrected chi connectivity index (χ3v) is 2.42. The molecule has 0 unspecified atom stereocenters. The minimum absolute atomic E-state index is 0.760. The van der Waals surface area contributed by atoms with Gasteiger partial charge >= 0.3 is 0 Å². The molecule has 0 bridgehead atoms. The van der Waals surface area contributed by atoms with E-state index in [4.69, 9.17) is 0 Å². The zero-order valence-corrected chi connectivity index (χ0v) is 7.85. The Morgan fingerprint density at radius 3 is 2.69 bits per heavy atom. The van der Waals surface area contributed by atoms with E-state index in [0.717, 1.165) is 5.16 Å². The molecule has 2 rings (SSSR count). The van der Waals surface area contributed by atoms with Gasteiger partial charge in [0.25, 0.3) is 5.16 Å². The van der Waals surface area contributed by atoms with Crippen LogP contribution >= 0.6 is 11.9 Å². The normalized spacial score (nSPS) is 10.2. The van der Waals surface area contributed by atoms with E-state index in [0.29, 0.717) is 0 Å². The highest BCUT2D eigenvalue weighted by Crippen LogP contribution is 2.05. The molecule has 0 N–H and O–H groups in total. The Morgan fingerprint density at radius 2 is 2.08 bits per heavy atom. The standard InChI is InChI=1S/C7H8N5S/c1-11-7(8-9-10-11)13-12-5-3-2-4-6-12/h2-6H,1H3/q+1. The Morgan fingerprint density at radius 1 is 1.31 bits per heavy atom. The zero-order chi connectivity index (χ0) is 9.10. The molecule has 0 saturated carbocycles. The van der Waals surface area contributed by atoms with Crippen molar-refractivity contribution < 1.29 is 3.97 Å². The number of rotatable bonds is 2. The van der Waals surface area contributed by atoms with Gasteiger partial charge in [-0.2, -0.15) is 0 Å². The van der Waals surface area contributed by atoms with E-state index in [1.54, 1.807) is 4.68 Å². The monoisotopic (exact) mass is 194 g/mol. The lowest BCUT2D eigenvalue weighted by atomic mass is 10.5. The molecule has 2 heterocycles. The van der Waals surface area contributed by atoms with Crippen molar-refractivity contribution in [3.8, 4) is 0 Å². The summed E-state index contributed by atoms with van der Waals surface area (Å²) in [4.78, 5) is 0. The van der Waals surface area contributed by atoms with Crippen LogP contribution in [0.15, 0.2) is 35.7 Å². The average Bonchev–Trinajstić information content (AvgIpc) is 2.54. The van der Waals surface area contributed by atoms with Crippen molar-refractivity contribution in [3.05, 3.63) is 30.6 Å². The molecule has 0 aliphatic rings. The summed E-state index contributed by atoms with van der Waals surface area (Å²) in [5, 5.41) is 11.9. The summed E-state index contributed by atoms with van der Waals surface area (Å²) in [6.07, 6.45) is 3.89. The topological polar surface area (TPSA) is 47.5 Å². The minimum atomic E-state index is 0.760. The largest absolute Gasteiger partial charge is 0.278 e. The first-order valence-corrected chi connectivity index (χ1v) is 4.50. The molecule has 0 saturated heterocycles. The second kappa shape index (κ2) is 3.53. The Kier molecular flexibility index (Phi) is 2.22. The van der Waals surface area contributed by atoms with Gasteiger partial charge in [0.15, 0.2) is 12.4 Å². The van der Waals surface area contributed by atoms with Gasteiger partial charge in [0.1, 0.15) is 0 Å². The second-order valence-corrected chi connectivity index (χ2v) is 3.38. The molecule has 0 amide bonds. The first kappa shape index (κ1) is 8.18. The highest BCUT2D eigenvalue weighted by atomic mass is 32.2. The van der Waals surface area contributed by atoms with Gasteiger partial charge in [-0.15, -0.1) is 3.97 Å². The Balaban J connectivity index is 2.20. The fraction of sp³-hybridized carbons (Fsp3) is 0.143. The van der Waals surface area contributed by atoms with Crippen LogP contribution in [-0.2, 0) is 7.05 Å². The van der Waals surface area contributed by atoms with E-state index in [1.165, 1.54) is 11.9 Å². The van der Waals surface area contributed by atoms with Gasteiger partial charge in [-0.1, -0.05) is 11.2 Å². The van der Waals surface area contributed by atoms with Crippen LogP contribution in [0.25, 0.3) is 0 Å². The second-order valence-electron chi connectivity index (χ2n) is 2.41. The lowest BCUT2D eigenvalue weighted by Crippen LogP contribution is -2.23. The number of hydrogen-bond donors (Lipinski definition) is 0. The Hall–Kier alpha value is -1.43. The first-order valence-electron chi connectivity index (χ1n) is 3.73. The number of pyridine rings is 1. The smallest absolute Gasteiger partial charge is 0.218 e. The molecule has 6 heteroatoms. The van der Waals surface area contributed by atoms with Gasteiger partial charge < -0.3 is 0 Å². The van der Waals surface area contributed by atoms with Crippen molar-refractivity contribution in [2.45, 2.75) is 5.16 Å². The summed E-state index contributed by atoms with van der Waals surface area (Å²) < 4.78 is 3.57. The van der Waals surface area contributed by atoms with E-state index in [2.05, 4.69) is 15.5 Å². The van der Waals surface area contributed by atoms with Crippen LogP contribution in [0.1, 0.15) is 0 Å². The molecule has 2 aromatic rings. The lowest BCUT2D eigenvalue weighted by Gasteiger charge is -1.90. The summed E-state index contributed by atoms with van der Waals surface area (Å²) in [7, 11) is 1.81. The van der Waals surface area contributed by atoms with Crippen molar-refractivity contribution in [2.75, 3.05) is 0 Å². The number of nitrogens with zero attached hydrogens (tertiary/aromatic N) is 5. The van der Waals surface area contributed by atoms with Gasteiger partial charge in [0.05, 0.1) is 0 Å². The summed E-state index contributed by atoms with van der Waals surface area (Å²) in [6.45, 7) is 0. The molecule has 0 radical (unpaired) electrons. The van der Waals surface area contributed by atoms with E-state index < -0.39 is 0 Å². The molecule has 2 aromatic heterocycles. The van der Waals surface area contributed by atoms with Crippen LogP contribution in [0.4, 0.5) is 0 Å². The fourth-order valence-electron chi connectivity index (χ4n) is 0.837. The highest BCUT2D eigenvalue weighted by molar-refractivity contribution is 7.92. The Labute approximate surface area is 79.5 Å². The predicted octanol–water partition coefficient (Wildman–Crippen LogP) is 0.0530. The maximum Gasteiger partial charge on any atom is 0.278 e. The summed E-state index contributed by atoms with van der Waals surface area (Å²) >= 11 is 1.46. The van der Waals surface area contributed by atoms with Crippen molar-refractivity contribution in [1.82, 2.24) is 20.2 Å². The average molecular weight is 194 g/mol. The molecule has 0 aliphatic carbocycles. The third-order valence-electron chi connectivity index (χ3n) is 1.46. The fourth-order valence-corrected chi connectivity index (χ4v) is 1.52. The van der Waals surface area contributed by atoms with Gasteiger partial charge in [0.2, 0.25) is 11.9 Å². The van der Waals surface area contributed by atoms with Crippen molar-refractivity contribution in [2.24, 2.45) is 7.05 Å². The number of aromatic nitrogens is 5. The maximum atomic E-state index is 3.86. The van der Waals surface area contributed by atoms with Crippen LogP contribution in [0.3, 0.4) is 0 Å². The van der Waals surface area contributed by atoms with Crippen molar-refractivity contribution in [1.29, 1.82) is 0 Å². The molecule has 5 nitrogen and oxygen atoms in total. The van der Waals surface area contributed by atoms with E-state index in [-0.39, 0.29) is 0 Å². The van der Waals surface area contributed by atoms with Crippen LogP contribution in [0.5, 0.6) is 0 Å². The maximum absolute atomic E-state index is 3.86. The molecule has 0 aliphatic heterocycles. The molecule has 0 aromatic carbocycles. The van der Waals surface area contributed by atoms with Gasteiger partial charge in [-0.25, -0.2) is 4.68 Å². The first-order chi connectivity index (χ1) is 6.36. The van der Waals surface area contributed by atoms with Gasteiger partial charge in [-0.3, -0.25) is 0 Å². The van der Waals surface area contributed by atoms with Crippen LogP contribution < -0.4 is 3.97 Å². The van der Waals surface area contributed by atoms with Crippen LogP contribution in [0.2, 0.25) is 0 Å². The van der Waals surface area contributed by atoms with Crippen molar-refractivity contribution >= 4 is 11.9 Å². The SMILES string of the molecule is Cn1nnnc1S[n+]1ccccc1. The Bertz CT molecular complexity index is 385. The molecule has 0 atom stereocenters. The van der Waals surface area contributed by atoms with E-state index >= 15 is 0 Å². The van der Waals surface area contributed by atoms with E-state index in [1.807, 2.05) is 41.6 Å². The quantitative estimate of drug-likeness (QED) is 0.634. The van der Waals surface area contributed by atoms with Gasteiger partial charge in [0, 0.05) is 19.2 Å². The highest BCUT2D eigenvalue weighted by Gasteiger charge is 2.10. The predicted molar refractivity (Wildman–Crippen MR) is 46.7 cm³/mol. The van der Waals surface area contributed by atoms with Gasteiger partial charge in [-0.05, 0) is 10.4 Å². The lowest BCUT2D eigenvalue weighted by molar-refractivity contribution is -0.494. The van der Waals surface area contributed by atoms with Crippen molar-refractivity contribution in [3.63, 3.8) is 0 Å². The molecule has 66 valence electrons. The van der Waals surface area contributed by atoms with Crippen LogP contribution in [0, 0.1) is 0 Å². The number of hydrogen-bond acceptors (Lipinski definition) is 4. The zero-order valence-electron chi connectivity index (χ0n) is 7.03. The molecule has 0 spiro atoms. The van der Waals surface area contributed by atoms with E-state index in [9.17, 15) is 0 Å². The summed E-state index contributed by atoms with van der Waals surface area (Å²) in [5.74, 6) is 0. The minimum Gasteiger partial charge on any atom is -0.218 e. The number of tetrazole rings is 1. The molecular weight excluding hydrogens is 186 g/mol. The number of aryl methyl sites for hydroxylation is 1. The van der Waals surface area contributed by atoms with Crippen LogP contribution in [-0.4, -0.2) is 20.2 Å². The summed E-state index contributed by atoms with van der Waals surface area (Å²) in [5.41, 5.74) is 0. The summed E-state index contributed by atoms with van der Waals surface area (Å²) in [6, 6.07) is 5.87. The molecule has 13 heavy (non-hydrogen) atoms. The third kappa shape index (κ3) is 1.83. The molecule has 0 fully saturated rings.